The molecule has 6 nitrogen and oxygen atoms in total. The standard InChI is InChI=1S/C17H16N2O4/c20-16(12-23-17(21)15-9-3-4-11-19(15)22)18-10-5-7-13-6-1-2-8-14(13)18/h1-4,6,8-9,11H,5,7,10,12H2. The second-order valence-electron chi connectivity index (χ2n) is 5.27. The van der Waals surface area contributed by atoms with Crippen molar-refractivity contribution in [2.24, 2.45) is 0 Å². The van der Waals surface area contributed by atoms with E-state index < -0.39 is 5.97 Å². The molecule has 0 aliphatic carbocycles. The molecule has 0 bridgehead atoms. The largest absolute Gasteiger partial charge is 0.618 e. The van der Waals surface area contributed by atoms with Crippen LogP contribution in [0.4, 0.5) is 5.69 Å². The Morgan fingerprint density at radius 3 is 2.78 bits per heavy atom. The zero-order valence-corrected chi connectivity index (χ0v) is 12.5. The van der Waals surface area contributed by atoms with Gasteiger partial charge in [-0.25, -0.2) is 4.79 Å². The molecule has 2 aromatic rings. The van der Waals surface area contributed by atoms with Crippen molar-refractivity contribution in [1.82, 2.24) is 0 Å². The van der Waals surface area contributed by atoms with Crippen LogP contribution in [0.25, 0.3) is 0 Å². The van der Waals surface area contributed by atoms with E-state index >= 15 is 0 Å². The third-order valence-corrected chi connectivity index (χ3v) is 3.77. The van der Waals surface area contributed by atoms with E-state index in [4.69, 9.17) is 4.74 Å². The van der Waals surface area contributed by atoms with Crippen molar-refractivity contribution in [2.45, 2.75) is 12.8 Å². The number of fused-ring (bicyclic) bond motifs is 1. The summed E-state index contributed by atoms with van der Waals surface area (Å²) >= 11 is 0. The molecule has 1 aliphatic heterocycles. The summed E-state index contributed by atoms with van der Waals surface area (Å²) in [5.74, 6) is -1.10. The van der Waals surface area contributed by atoms with Crippen LogP contribution in [0.3, 0.4) is 0 Å². The number of ether oxygens (including phenoxy) is 1. The molecular weight excluding hydrogens is 296 g/mol. The molecule has 3 rings (SSSR count). The molecule has 0 saturated carbocycles. The first kappa shape index (κ1) is 15.0. The monoisotopic (exact) mass is 312 g/mol. The first-order valence-corrected chi connectivity index (χ1v) is 7.40. The number of pyridine rings is 1. The van der Waals surface area contributed by atoms with Crippen LogP contribution in [0.2, 0.25) is 0 Å². The summed E-state index contributed by atoms with van der Waals surface area (Å²) in [5, 5.41) is 11.5. The fourth-order valence-electron chi connectivity index (χ4n) is 2.66. The lowest BCUT2D eigenvalue weighted by atomic mass is 10.0. The van der Waals surface area contributed by atoms with Crippen LogP contribution in [0.1, 0.15) is 22.5 Å². The van der Waals surface area contributed by atoms with Gasteiger partial charge < -0.3 is 14.8 Å². The minimum absolute atomic E-state index is 0.139. The Morgan fingerprint density at radius 1 is 1.17 bits per heavy atom. The fraction of sp³-hybridized carbons (Fsp3) is 0.235. The van der Waals surface area contributed by atoms with Gasteiger partial charge in [-0.3, -0.25) is 4.79 Å². The Kier molecular flexibility index (Phi) is 4.23. The highest BCUT2D eigenvalue weighted by atomic mass is 16.5. The zero-order chi connectivity index (χ0) is 16.2. The first-order valence-electron chi connectivity index (χ1n) is 7.40. The molecule has 23 heavy (non-hydrogen) atoms. The molecule has 0 unspecified atom stereocenters. The van der Waals surface area contributed by atoms with Gasteiger partial charge in [0.25, 0.3) is 5.91 Å². The number of aryl methyl sites for hydroxylation is 1. The van der Waals surface area contributed by atoms with E-state index in [1.54, 1.807) is 11.0 Å². The number of benzene rings is 1. The van der Waals surface area contributed by atoms with Gasteiger partial charge in [-0.05, 0) is 30.5 Å². The highest BCUT2D eigenvalue weighted by molar-refractivity contribution is 5.97. The van der Waals surface area contributed by atoms with Crippen molar-refractivity contribution in [1.29, 1.82) is 0 Å². The number of esters is 1. The van der Waals surface area contributed by atoms with Crippen LogP contribution in [0.5, 0.6) is 0 Å². The van der Waals surface area contributed by atoms with Crippen LogP contribution in [0, 0.1) is 5.21 Å². The Labute approximate surface area is 133 Å². The Morgan fingerprint density at radius 2 is 1.96 bits per heavy atom. The lowest BCUT2D eigenvalue weighted by Gasteiger charge is -2.29. The van der Waals surface area contributed by atoms with E-state index in [1.165, 1.54) is 18.3 Å². The smallest absolute Gasteiger partial charge is 0.405 e. The van der Waals surface area contributed by atoms with Crippen LogP contribution in [0.15, 0.2) is 48.7 Å². The summed E-state index contributed by atoms with van der Waals surface area (Å²) in [4.78, 5) is 25.9. The van der Waals surface area contributed by atoms with Gasteiger partial charge in [0.2, 0.25) is 0 Å². The third kappa shape index (κ3) is 3.15. The van der Waals surface area contributed by atoms with Gasteiger partial charge in [0.1, 0.15) is 0 Å². The van der Waals surface area contributed by atoms with E-state index in [1.807, 2.05) is 24.3 Å². The molecule has 2 heterocycles. The molecule has 1 aromatic carbocycles. The van der Waals surface area contributed by atoms with Gasteiger partial charge in [0.05, 0.1) is 0 Å². The predicted molar refractivity (Wildman–Crippen MR) is 82.8 cm³/mol. The number of hydrogen-bond donors (Lipinski definition) is 0. The summed E-state index contributed by atoms with van der Waals surface area (Å²) in [6.45, 7) is 0.211. The van der Waals surface area contributed by atoms with Gasteiger partial charge in [-0.15, -0.1) is 0 Å². The minimum Gasteiger partial charge on any atom is -0.618 e. The van der Waals surface area contributed by atoms with Crippen molar-refractivity contribution in [3.8, 4) is 0 Å². The van der Waals surface area contributed by atoms with Crippen molar-refractivity contribution in [3.05, 3.63) is 65.1 Å². The van der Waals surface area contributed by atoms with E-state index in [-0.39, 0.29) is 18.2 Å². The zero-order valence-electron chi connectivity index (χ0n) is 12.5. The van der Waals surface area contributed by atoms with Gasteiger partial charge in [0, 0.05) is 24.4 Å². The first-order chi connectivity index (χ1) is 11.2. The second kappa shape index (κ2) is 6.48. The Hall–Kier alpha value is -2.89. The summed E-state index contributed by atoms with van der Waals surface area (Å²) in [6, 6.07) is 12.1. The van der Waals surface area contributed by atoms with Crippen LogP contribution < -0.4 is 9.63 Å². The van der Waals surface area contributed by atoms with Crippen molar-refractivity contribution in [3.63, 3.8) is 0 Å². The maximum Gasteiger partial charge on any atom is 0.405 e. The fourth-order valence-corrected chi connectivity index (χ4v) is 2.66. The molecule has 118 valence electrons. The SMILES string of the molecule is O=C(OCC(=O)N1CCCc2ccccc21)c1cccc[n+]1[O-]. The minimum atomic E-state index is -0.806. The molecule has 0 spiro atoms. The van der Waals surface area contributed by atoms with E-state index in [9.17, 15) is 14.8 Å². The van der Waals surface area contributed by atoms with Crippen molar-refractivity contribution < 1.29 is 19.1 Å². The summed E-state index contributed by atoms with van der Waals surface area (Å²) < 4.78 is 5.41. The maximum absolute atomic E-state index is 12.3. The number of hydrogen-bond acceptors (Lipinski definition) is 4. The predicted octanol–water partition coefficient (Wildman–Crippen LogP) is 1.46. The summed E-state index contributed by atoms with van der Waals surface area (Å²) in [7, 11) is 0. The van der Waals surface area contributed by atoms with Gasteiger partial charge in [0.15, 0.2) is 12.8 Å². The molecule has 0 saturated heterocycles. The maximum atomic E-state index is 12.3. The number of amides is 1. The second-order valence-corrected chi connectivity index (χ2v) is 5.27. The molecule has 0 N–H and O–H groups in total. The van der Waals surface area contributed by atoms with Crippen LogP contribution >= 0.6 is 0 Å². The Balaban J connectivity index is 1.67. The number of anilines is 1. The molecule has 0 atom stereocenters. The van der Waals surface area contributed by atoms with Crippen LogP contribution in [-0.2, 0) is 16.0 Å². The topological polar surface area (TPSA) is 73.6 Å². The quantitative estimate of drug-likeness (QED) is 0.488. The van der Waals surface area contributed by atoms with Gasteiger partial charge >= 0.3 is 11.7 Å². The van der Waals surface area contributed by atoms with Gasteiger partial charge in [-0.2, -0.15) is 4.73 Å². The lowest BCUT2D eigenvalue weighted by Crippen LogP contribution is -2.40. The van der Waals surface area contributed by atoms with E-state index in [0.29, 0.717) is 11.3 Å². The number of carbonyl (C=O) groups excluding carboxylic acids is 2. The molecule has 0 radical (unpaired) electrons. The van der Waals surface area contributed by atoms with E-state index in [2.05, 4.69) is 0 Å². The molecule has 0 fully saturated rings. The normalized spacial score (nSPS) is 13.3. The lowest BCUT2D eigenvalue weighted by molar-refractivity contribution is -0.608. The Bertz CT molecular complexity index is 745. The van der Waals surface area contributed by atoms with E-state index in [0.717, 1.165) is 24.1 Å². The molecular formula is C17H16N2O4. The average molecular weight is 312 g/mol. The number of carbonyl (C=O) groups is 2. The number of aromatic nitrogens is 1. The molecule has 6 heteroatoms. The van der Waals surface area contributed by atoms with Crippen LogP contribution in [-0.4, -0.2) is 25.0 Å². The van der Waals surface area contributed by atoms with Crippen molar-refractivity contribution >= 4 is 17.6 Å². The number of para-hydroxylation sites is 1. The number of nitrogens with zero attached hydrogens (tertiary/aromatic N) is 2. The van der Waals surface area contributed by atoms with Gasteiger partial charge in [-0.1, -0.05) is 18.2 Å². The highest BCUT2D eigenvalue weighted by Crippen LogP contribution is 2.26. The molecule has 1 aliphatic rings. The summed E-state index contributed by atoms with van der Waals surface area (Å²) in [5.41, 5.74) is 1.83. The van der Waals surface area contributed by atoms with Crippen molar-refractivity contribution in [2.75, 3.05) is 18.1 Å². The third-order valence-electron chi connectivity index (χ3n) is 3.77. The highest BCUT2D eigenvalue weighted by Gasteiger charge is 2.24. The average Bonchev–Trinajstić information content (AvgIpc) is 2.59. The molecule has 1 aromatic heterocycles. The molecule has 1 amide bonds. The number of rotatable bonds is 3. The summed E-state index contributed by atoms with van der Waals surface area (Å²) in [6.07, 6.45) is 3.01.